The molecule has 20 heavy (non-hydrogen) atoms. The molecule has 5 nitrogen and oxygen atoms in total. The van der Waals surface area contributed by atoms with Crippen molar-refractivity contribution in [2.24, 2.45) is 0 Å². The SMILES string of the molecule is CCCNCc1cn(-c2ccc(OCC)c(F)c2)nn1. The molecule has 0 fully saturated rings. The van der Waals surface area contributed by atoms with E-state index >= 15 is 0 Å². The topological polar surface area (TPSA) is 52.0 Å². The van der Waals surface area contributed by atoms with Gasteiger partial charge in [-0.2, -0.15) is 0 Å². The first-order valence-corrected chi connectivity index (χ1v) is 6.79. The third-order valence-electron chi connectivity index (χ3n) is 2.75. The van der Waals surface area contributed by atoms with Gasteiger partial charge in [0.1, 0.15) is 0 Å². The van der Waals surface area contributed by atoms with Crippen LogP contribution < -0.4 is 10.1 Å². The zero-order chi connectivity index (χ0) is 14.4. The van der Waals surface area contributed by atoms with E-state index in [1.54, 1.807) is 23.0 Å². The normalized spacial score (nSPS) is 10.8. The standard InChI is InChI=1S/C14H19FN4O/c1-3-7-16-9-11-10-19(18-17-11)12-5-6-14(20-4-2)13(15)8-12/h5-6,8,10,16H,3-4,7,9H2,1-2H3. The maximum atomic E-state index is 13.8. The molecule has 0 saturated heterocycles. The summed E-state index contributed by atoms with van der Waals surface area (Å²) >= 11 is 0. The lowest BCUT2D eigenvalue weighted by Gasteiger charge is -2.06. The van der Waals surface area contributed by atoms with Gasteiger partial charge in [-0.1, -0.05) is 12.1 Å². The number of ether oxygens (including phenoxy) is 1. The Morgan fingerprint density at radius 1 is 1.35 bits per heavy atom. The van der Waals surface area contributed by atoms with Gasteiger partial charge < -0.3 is 10.1 Å². The Hall–Kier alpha value is -1.95. The molecule has 0 radical (unpaired) electrons. The minimum Gasteiger partial charge on any atom is -0.491 e. The third-order valence-corrected chi connectivity index (χ3v) is 2.75. The third kappa shape index (κ3) is 3.54. The molecular formula is C14H19FN4O. The van der Waals surface area contributed by atoms with Crippen LogP contribution in [0, 0.1) is 5.82 Å². The second kappa shape index (κ2) is 7.00. The van der Waals surface area contributed by atoms with Gasteiger partial charge in [0.15, 0.2) is 11.6 Å². The Kier molecular flexibility index (Phi) is 5.06. The zero-order valence-electron chi connectivity index (χ0n) is 11.8. The summed E-state index contributed by atoms with van der Waals surface area (Å²) < 4.78 is 20.5. The molecule has 0 aliphatic rings. The highest BCUT2D eigenvalue weighted by Gasteiger charge is 2.07. The molecule has 0 bridgehead atoms. The van der Waals surface area contributed by atoms with Crippen molar-refractivity contribution in [1.29, 1.82) is 0 Å². The fourth-order valence-electron chi connectivity index (χ4n) is 1.80. The summed E-state index contributed by atoms with van der Waals surface area (Å²) in [5.41, 5.74) is 1.45. The van der Waals surface area contributed by atoms with E-state index in [9.17, 15) is 4.39 Å². The molecule has 0 amide bonds. The van der Waals surface area contributed by atoms with Crippen LogP contribution in [0.4, 0.5) is 4.39 Å². The fraction of sp³-hybridized carbons (Fsp3) is 0.429. The number of halogens is 1. The average molecular weight is 278 g/mol. The highest BCUT2D eigenvalue weighted by atomic mass is 19.1. The molecular weight excluding hydrogens is 259 g/mol. The van der Waals surface area contributed by atoms with Crippen LogP contribution in [0.15, 0.2) is 24.4 Å². The molecule has 1 N–H and O–H groups in total. The molecule has 108 valence electrons. The van der Waals surface area contributed by atoms with Crippen LogP contribution in [0.25, 0.3) is 5.69 Å². The molecule has 6 heteroatoms. The summed E-state index contributed by atoms with van der Waals surface area (Å²) in [6.07, 6.45) is 2.86. The van der Waals surface area contributed by atoms with Gasteiger partial charge in [0.2, 0.25) is 0 Å². The summed E-state index contributed by atoms with van der Waals surface area (Å²) in [7, 11) is 0. The van der Waals surface area contributed by atoms with Gasteiger partial charge in [-0.3, -0.25) is 0 Å². The lowest BCUT2D eigenvalue weighted by atomic mass is 10.3. The Labute approximate surface area is 117 Å². The van der Waals surface area contributed by atoms with Gasteiger partial charge in [0.05, 0.1) is 24.2 Å². The van der Waals surface area contributed by atoms with E-state index < -0.39 is 5.82 Å². The molecule has 2 rings (SSSR count). The summed E-state index contributed by atoms with van der Waals surface area (Å²) in [5.74, 6) is -0.147. The summed E-state index contributed by atoms with van der Waals surface area (Å²) in [5, 5.41) is 11.3. The fourth-order valence-corrected chi connectivity index (χ4v) is 1.80. The van der Waals surface area contributed by atoms with E-state index in [0.717, 1.165) is 18.7 Å². The number of benzene rings is 1. The minimum absolute atomic E-state index is 0.251. The van der Waals surface area contributed by atoms with Gasteiger partial charge in [0.25, 0.3) is 0 Å². The summed E-state index contributed by atoms with van der Waals surface area (Å²) in [6.45, 7) is 5.96. The first-order chi connectivity index (χ1) is 9.74. The molecule has 0 aliphatic heterocycles. The first kappa shape index (κ1) is 14.5. The summed E-state index contributed by atoms with van der Waals surface area (Å²) in [4.78, 5) is 0. The molecule has 0 unspecified atom stereocenters. The van der Waals surface area contributed by atoms with Gasteiger partial charge in [0, 0.05) is 12.6 Å². The van der Waals surface area contributed by atoms with Crippen LogP contribution in [-0.2, 0) is 6.54 Å². The minimum atomic E-state index is -0.398. The molecule has 0 saturated carbocycles. The van der Waals surface area contributed by atoms with Crippen molar-refractivity contribution in [1.82, 2.24) is 20.3 Å². The van der Waals surface area contributed by atoms with E-state index in [1.807, 2.05) is 6.92 Å². The second-order valence-corrected chi connectivity index (χ2v) is 4.38. The van der Waals surface area contributed by atoms with E-state index in [1.165, 1.54) is 6.07 Å². The Morgan fingerprint density at radius 2 is 2.20 bits per heavy atom. The number of nitrogens with zero attached hydrogens (tertiary/aromatic N) is 3. The second-order valence-electron chi connectivity index (χ2n) is 4.38. The first-order valence-electron chi connectivity index (χ1n) is 6.79. The highest BCUT2D eigenvalue weighted by molar-refractivity contribution is 5.38. The van der Waals surface area contributed by atoms with E-state index in [0.29, 0.717) is 18.8 Å². The number of hydrogen-bond donors (Lipinski definition) is 1. The van der Waals surface area contributed by atoms with Crippen LogP contribution >= 0.6 is 0 Å². The zero-order valence-corrected chi connectivity index (χ0v) is 11.8. The maximum Gasteiger partial charge on any atom is 0.167 e. The Morgan fingerprint density at radius 3 is 2.90 bits per heavy atom. The largest absolute Gasteiger partial charge is 0.491 e. The highest BCUT2D eigenvalue weighted by Crippen LogP contribution is 2.20. The molecule has 0 aliphatic carbocycles. The number of hydrogen-bond acceptors (Lipinski definition) is 4. The van der Waals surface area contributed by atoms with Gasteiger partial charge in [-0.05, 0) is 32.0 Å². The lowest BCUT2D eigenvalue weighted by Crippen LogP contribution is -2.13. The number of rotatable bonds is 7. The predicted molar refractivity (Wildman–Crippen MR) is 74.5 cm³/mol. The van der Waals surface area contributed by atoms with Crippen molar-refractivity contribution in [3.8, 4) is 11.4 Å². The Bertz CT molecular complexity index is 556. The molecule has 1 aromatic carbocycles. The van der Waals surface area contributed by atoms with Gasteiger partial charge >= 0.3 is 0 Å². The summed E-state index contributed by atoms with van der Waals surface area (Å²) in [6, 6.07) is 4.75. The molecule has 1 aromatic heterocycles. The van der Waals surface area contributed by atoms with Gasteiger partial charge in [-0.25, -0.2) is 9.07 Å². The van der Waals surface area contributed by atoms with Crippen molar-refractivity contribution in [2.75, 3.05) is 13.2 Å². The smallest absolute Gasteiger partial charge is 0.167 e. The van der Waals surface area contributed by atoms with Crippen molar-refractivity contribution < 1.29 is 9.13 Å². The van der Waals surface area contributed by atoms with Crippen molar-refractivity contribution in [2.45, 2.75) is 26.8 Å². The van der Waals surface area contributed by atoms with E-state index in [-0.39, 0.29) is 5.75 Å². The lowest BCUT2D eigenvalue weighted by molar-refractivity contribution is 0.321. The maximum absolute atomic E-state index is 13.8. The molecule has 2 aromatic rings. The Balaban J connectivity index is 2.09. The van der Waals surface area contributed by atoms with Crippen LogP contribution in [0.1, 0.15) is 26.0 Å². The van der Waals surface area contributed by atoms with Crippen molar-refractivity contribution in [3.05, 3.63) is 35.9 Å². The van der Waals surface area contributed by atoms with Crippen LogP contribution in [-0.4, -0.2) is 28.1 Å². The predicted octanol–water partition coefficient (Wildman–Crippen LogP) is 2.30. The quantitative estimate of drug-likeness (QED) is 0.790. The molecule has 0 atom stereocenters. The average Bonchev–Trinajstić information content (AvgIpc) is 2.90. The number of nitrogens with one attached hydrogen (secondary N) is 1. The van der Waals surface area contributed by atoms with E-state index in [2.05, 4.69) is 22.6 Å². The van der Waals surface area contributed by atoms with Gasteiger partial charge in [-0.15, -0.1) is 5.10 Å². The number of aromatic nitrogens is 3. The van der Waals surface area contributed by atoms with Crippen LogP contribution in [0.3, 0.4) is 0 Å². The van der Waals surface area contributed by atoms with Crippen LogP contribution in [0.2, 0.25) is 0 Å². The molecule has 1 heterocycles. The van der Waals surface area contributed by atoms with E-state index in [4.69, 9.17) is 4.74 Å². The monoisotopic (exact) mass is 278 g/mol. The van der Waals surface area contributed by atoms with Crippen molar-refractivity contribution in [3.63, 3.8) is 0 Å². The van der Waals surface area contributed by atoms with Crippen molar-refractivity contribution >= 4 is 0 Å². The molecule has 0 spiro atoms. The van der Waals surface area contributed by atoms with Crippen LogP contribution in [0.5, 0.6) is 5.75 Å².